The molecule has 2 rings (SSSR count). The Morgan fingerprint density at radius 2 is 1.90 bits per heavy atom. The summed E-state index contributed by atoms with van der Waals surface area (Å²) in [6.45, 7) is 0.567. The lowest BCUT2D eigenvalue weighted by Gasteiger charge is -2.09. The van der Waals surface area contributed by atoms with Crippen molar-refractivity contribution in [2.45, 2.75) is 0 Å². The minimum absolute atomic E-state index is 0.0267. The van der Waals surface area contributed by atoms with E-state index in [0.717, 1.165) is 0 Å². The first-order valence-corrected chi connectivity index (χ1v) is 6.50. The van der Waals surface area contributed by atoms with Gasteiger partial charge < -0.3 is 14.8 Å². The maximum Gasteiger partial charge on any atom is 0.254 e. The van der Waals surface area contributed by atoms with Crippen molar-refractivity contribution in [2.75, 3.05) is 20.3 Å². The summed E-state index contributed by atoms with van der Waals surface area (Å²) in [4.78, 5) is 11.8. The molecule has 0 saturated carbocycles. The van der Waals surface area contributed by atoms with Crippen LogP contribution in [0.4, 0.5) is 4.39 Å². The maximum absolute atomic E-state index is 13.4. The molecule has 2 aromatic rings. The van der Waals surface area contributed by atoms with Crippen LogP contribution in [0.25, 0.3) is 0 Å². The number of rotatable bonds is 6. The summed E-state index contributed by atoms with van der Waals surface area (Å²) >= 11 is 0. The summed E-state index contributed by atoms with van der Waals surface area (Å²) in [6, 6.07) is 13.0. The molecule has 0 unspecified atom stereocenters. The Balaban J connectivity index is 1.79. The highest BCUT2D eigenvalue weighted by Crippen LogP contribution is 2.18. The fraction of sp³-hybridized carbons (Fsp3) is 0.188. The highest BCUT2D eigenvalue weighted by molar-refractivity contribution is 5.94. The maximum atomic E-state index is 13.4. The first kappa shape index (κ1) is 14.8. The normalized spacial score (nSPS) is 10.0. The smallest absolute Gasteiger partial charge is 0.254 e. The van der Waals surface area contributed by atoms with Gasteiger partial charge in [-0.15, -0.1) is 0 Å². The van der Waals surface area contributed by atoms with Crippen LogP contribution in [0, 0.1) is 5.82 Å². The summed E-state index contributed by atoms with van der Waals surface area (Å²) in [5, 5.41) is 2.60. The monoisotopic (exact) mass is 289 g/mol. The molecule has 0 aliphatic heterocycles. The molecule has 0 bridgehead atoms. The van der Waals surface area contributed by atoms with Crippen LogP contribution in [0.5, 0.6) is 11.5 Å². The highest BCUT2D eigenvalue weighted by atomic mass is 19.1. The molecule has 0 aromatic heterocycles. The lowest BCUT2D eigenvalue weighted by Crippen LogP contribution is -2.28. The van der Waals surface area contributed by atoms with Gasteiger partial charge in [0.15, 0.2) is 0 Å². The average molecular weight is 289 g/mol. The van der Waals surface area contributed by atoms with Crippen LogP contribution in [-0.4, -0.2) is 26.2 Å². The van der Waals surface area contributed by atoms with E-state index < -0.39 is 11.7 Å². The number of ether oxygens (including phenoxy) is 2. The topological polar surface area (TPSA) is 47.6 Å². The van der Waals surface area contributed by atoms with Crippen molar-refractivity contribution in [3.05, 3.63) is 59.9 Å². The molecule has 110 valence electrons. The van der Waals surface area contributed by atoms with E-state index in [1.165, 1.54) is 18.2 Å². The van der Waals surface area contributed by atoms with Crippen molar-refractivity contribution in [1.82, 2.24) is 5.32 Å². The number of hydrogen-bond acceptors (Lipinski definition) is 3. The van der Waals surface area contributed by atoms with E-state index in [0.29, 0.717) is 11.5 Å². The molecule has 2 aromatic carbocycles. The Hall–Kier alpha value is -2.56. The van der Waals surface area contributed by atoms with Crippen molar-refractivity contribution in [2.24, 2.45) is 0 Å². The van der Waals surface area contributed by atoms with Gasteiger partial charge in [-0.3, -0.25) is 4.79 Å². The molecular formula is C16H16FNO3. The van der Waals surface area contributed by atoms with Gasteiger partial charge in [0.1, 0.15) is 23.9 Å². The van der Waals surface area contributed by atoms with E-state index in [-0.39, 0.29) is 18.7 Å². The molecule has 0 atom stereocenters. The van der Waals surface area contributed by atoms with E-state index in [2.05, 4.69) is 5.32 Å². The number of amides is 1. The van der Waals surface area contributed by atoms with Gasteiger partial charge in [-0.2, -0.15) is 0 Å². The summed E-state index contributed by atoms with van der Waals surface area (Å²) in [6.07, 6.45) is 0. The van der Waals surface area contributed by atoms with Crippen LogP contribution < -0.4 is 14.8 Å². The minimum atomic E-state index is -0.538. The number of carbonyl (C=O) groups is 1. The summed E-state index contributed by atoms with van der Waals surface area (Å²) in [5.74, 6) is 0.350. The molecule has 1 amide bonds. The molecule has 0 heterocycles. The van der Waals surface area contributed by atoms with E-state index in [4.69, 9.17) is 9.47 Å². The third-order valence-electron chi connectivity index (χ3n) is 2.82. The second-order valence-corrected chi connectivity index (χ2v) is 4.26. The van der Waals surface area contributed by atoms with Crippen LogP contribution >= 0.6 is 0 Å². The molecule has 0 aliphatic carbocycles. The van der Waals surface area contributed by atoms with Crippen molar-refractivity contribution in [3.63, 3.8) is 0 Å². The van der Waals surface area contributed by atoms with E-state index in [1.54, 1.807) is 25.3 Å². The number of carbonyl (C=O) groups excluding carboxylic acids is 1. The summed E-state index contributed by atoms with van der Waals surface area (Å²) < 4.78 is 23.9. The average Bonchev–Trinajstić information content (AvgIpc) is 2.52. The molecule has 4 nitrogen and oxygen atoms in total. The van der Waals surface area contributed by atoms with Gasteiger partial charge in [-0.1, -0.05) is 18.2 Å². The largest absolute Gasteiger partial charge is 0.497 e. The number of methoxy groups -OCH3 is 1. The van der Waals surface area contributed by atoms with Crippen LogP contribution in [0.2, 0.25) is 0 Å². The van der Waals surface area contributed by atoms with Gasteiger partial charge >= 0.3 is 0 Å². The Morgan fingerprint density at radius 1 is 1.14 bits per heavy atom. The van der Waals surface area contributed by atoms with Gasteiger partial charge in [0.2, 0.25) is 0 Å². The molecule has 0 radical (unpaired) electrons. The fourth-order valence-electron chi connectivity index (χ4n) is 1.76. The fourth-order valence-corrected chi connectivity index (χ4v) is 1.76. The zero-order valence-corrected chi connectivity index (χ0v) is 11.6. The van der Waals surface area contributed by atoms with Crippen LogP contribution in [0.3, 0.4) is 0 Å². The second-order valence-electron chi connectivity index (χ2n) is 4.26. The third kappa shape index (κ3) is 4.21. The lowest BCUT2D eigenvalue weighted by atomic mass is 10.2. The van der Waals surface area contributed by atoms with E-state index >= 15 is 0 Å². The zero-order valence-electron chi connectivity index (χ0n) is 11.6. The standard InChI is InChI=1S/C16H16FNO3/c1-20-12-5-4-6-13(11-12)21-10-9-18-16(19)14-7-2-3-8-15(14)17/h2-8,11H,9-10H2,1H3,(H,18,19). The number of halogens is 1. The Bertz CT molecular complexity index is 616. The van der Waals surface area contributed by atoms with Crippen LogP contribution in [-0.2, 0) is 0 Å². The Morgan fingerprint density at radius 3 is 2.67 bits per heavy atom. The highest BCUT2D eigenvalue weighted by Gasteiger charge is 2.09. The zero-order chi connectivity index (χ0) is 15.1. The summed E-state index contributed by atoms with van der Waals surface area (Å²) in [5.41, 5.74) is 0.0267. The molecule has 0 aliphatic rings. The van der Waals surface area contributed by atoms with Gasteiger partial charge in [-0.25, -0.2) is 4.39 Å². The van der Waals surface area contributed by atoms with Crippen molar-refractivity contribution in [1.29, 1.82) is 0 Å². The van der Waals surface area contributed by atoms with Gasteiger partial charge in [-0.05, 0) is 24.3 Å². The minimum Gasteiger partial charge on any atom is -0.497 e. The molecule has 0 fully saturated rings. The van der Waals surface area contributed by atoms with Crippen molar-refractivity contribution in [3.8, 4) is 11.5 Å². The Kier molecular flexibility index (Phi) is 5.15. The number of benzene rings is 2. The quantitative estimate of drug-likeness (QED) is 0.832. The molecule has 5 heteroatoms. The van der Waals surface area contributed by atoms with Gasteiger partial charge in [0, 0.05) is 6.07 Å². The van der Waals surface area contributed by atoms with E-state index in [9.17, 15) is 9.18 Å². The van der Waals surface area contributed by atoms with E-state index in [1.807, 2.05) is 12.1 Å². The number of nitrogens with one attached hydrogen (secondary N) is 1. The van der Waals surface area contributed by atoms with Crippen LogP contribution in [0.15, 0.2) is 48.5 Å². The molecular weight excluding hydrogens is 273 g/mol. The van der Waals surface area contributed by atoms with Crippen molar-refractivity contribution < 1.29 is 18.7 Å². The van der Waals surface area contributed by atoms with Crippen molar-refractivity contribution >= 4 is 5.91 Å². The molecule has 0 spiro atoms. The van der Waals surface area contributed by atoms with Gasteiger partial charge in [0.05, 0.1) is 19.2 Å². The predicted octanol–water partition coefficient (Wildman–Crippen LogP) is 2.64. The molecule has 0 saturated heterocycles. The predicted molar refractivity (Wildman–Crippen MR) is 77.2 cm³/mol. The van der Waals surface area contributed by atoms with Gasteiger partial charge in [0.25, 0.3) is 5.91 Å². The number of hydrogen-bond donors (Lipinski definition) is 1. The SMILES string of the molecule is COc1cccc(OCCNC(=O)c2ccccc2F)c1. The first-order valence-electron chi connectivity index (χ1n) is 6.50. The Labute approximate surface area is 122 Å². The first-order chi connectivity index (χ1) is 10.2. The molecule has 21 heavy (non-hydrogen) atoms. The molecule has 1 N–H and O–H groups in total. The van der Waals surface area contributed by atoms with Crippen LogP contribution in [0.1, 0.15) is 10.4 Å². The lowest BCUT2D eigenvalue weighted by molar-refractivity contribution is 0.0943. The summed E-state index contributed by atoms with van der Waals surface area (Å²) in [7, 11) is 1.58. The second kappa shape index (κ2) is 7.28. The third-order valence-corrected chi connectivity index (χ3v) is 2.82.